The van der Waals surface area contributed by atoms with Crippen LogP contribution in [0.2, 0.25) is 5.02 Å². The molecule has 7 nitrogen and oxygen atoms in total. The van der Waals surface area contributed by atoms with Gasteiger partial charge in [0.2, 0.25) is 0 Å². The maximum atomic E-state index is 13.6. The van der Waals surface area contributed by atoms with Crippen LogP contribution in [-0.2, 0) is 9.53 Å². The summed E-state index contributed by atoms with van der Waals surface area (Å²) in [7, 11) is 4.44. The second-order valence-corrected chi connectivity index (χ2v) is 8.68. The van der Waals surface area contributed by atoms with Crippen LogP contribution in [0.25, 0.3) is 6.08 Å². The summed E-state index contributed by atoms with van der Waals surface area (Å²) >= 11 is 7.31. The van der Waals surface area contributed by atoms with Crippen LogP contribution in [0, 0.1) is 0 Å². The van der Waals surface area contributed by atoms with Gasteiger partial charge in [0, 0.05) is 16.7 Å². The first-order valence-electron chi connectivity index (χ1n) is 9.96. The van der Waals surface area contributed by atoms with Crippen molar-refractivity contribution in [3.8, 4) is 11.5 Å². The molecule has 1 atom stereocenters. The SMILES string of the molecule is COC(=O)C1=C(C)N=c2s/c(=C/c3ccc(OC)cc3OC)c(=O)n2C1c1ccc(Cl)cc1. The van der Waals surface area contributed by atoms with Gasteiger partial charge in [-0.2, -0.15) is 0 Å². The smallest absolute Gasteiger partial charge is 0.338 e. The summed E-state index contributed by atoms with van der Waals surface area (Å²) in [5, 5.41) is 0.554. The quantitative estimate of drug-likeness (QED) is 0.520. The zero-order chi connectivity index (χ0) is 23.7. The fourth-order valence-corrected chi connectivity index (χ4v) is 4.90. The monoisotopic (exact) mass is 484 g/mol. The number of methoxy groups -OCH3 is 3. The lowest BCUT2D eigenvalue weighted by molar-refractivity contribution is -0.136. The van der Waals surface area contributed by atoms with Gasteiger partial charge in [-0.25, -0.2) is 9.79 Å². The van der Waals surface area contributed by atoms with E-state index in [-0.39, 0.29) is 5.56 Å². The van der Waals surface area contributed by atoms with Crippen LogP contribution >= 0.6 is 22.9 Å². The molecule has 0 fully saturated rings. The maximum Gasteiger partial charge on any atom is 0.338 e. The van der Waals surface area contributed by atoms with Crippen molar-refractivity contribution in [2.75, 3.05) is 21.3 Å². The molecule has 1 aliphatic heterocycles. The minimum Gasteiger partial charge on any atom is -0.497 e. The van der Waals surface area contributed by atoms with Crippen LogP contribution in [-0.4, -0.2) is 31.9 Å². The van der Waals surface area contributed by atoms with E-state index in [2.05, 4.69) is 4.99 Å². The Labute approximate surface area is 198 Å². The molecule has 170 valence electrons. The number of carbonyl (C=O) groups is 1. The molecule has 1 aliphatic rings. The predicted molar refractivity (Wildman–Crippen MR) is 127 cm³/mol. The molecule has 0 bridgehead atoms. The highest BCUT2D eigenvalue weighted by Gasteiger charge is 2.33. The number of benzene rings is 2. The molecule has 0 aliphatic carbocycles. The molecule has 33 heavy (non-hydrogen) atoms. The van der Waals surface area contributed by atoms with Gasteiger partial charge in [0.1, 0.15) is 11.5 Å². The number of thiazole rings is 1. The van der Waals surface area contributed by atoms with E-state index in [1.165, 1.54) is 23.0 Å². The highest BCUT2D eigenvalue weighted by molar-refractivity contribution is 7.07. The van der Waals surface area contributed by atoms with E-state index in [9.17, 15) is 9.59 Å². The topological polar surface area (TPSA) is 79.1 Å². The van der Waals surface area contributed by atoms with Crippen LogP contribution in [0.5, 0.6) is 11.5 Å². The number of carbonyl (C=O) groups excluding carboxylic acids is 1. The summed E-state index contributed by atoms with van der Waals surface area (Å²) < 4.78 is 17.7. The first-order valence-corrected chi connectivity index (χ1v) is 11.2. The lowest BCUT2D eigenvalue weighted by atomic mass is 9.96. The fourth-order valence-electron chi connectivity index (χ4n) is 3.73. The van der Waals surface area contributed by atoms with Gasteiger partial charge in [0.05, 0.1) is 43.2 Å². The minimum atomic E-state index is -0.689. The summed E-state index contributed by atoms with van der Waals surface area (Å²) in [5.74, 6) is 0.676. The predicted octanol–water partition coefficient (Wildman–Crippen LogP) is 3.08. The number of rotatable bonds is 5. The fraction of sp³-hybridized carbons (Fsp3) is 0.208. The van der Waals surface area contributed by atoms with E-state index in [4.69, 9.17) is 25.8 Å². The van der Waals surface area contributed by atoms with Crippen LogP contribution in [0.3, 0.4) is 0 Å². The van der Waals surface area contributed by atoms with Crippen LogP contribution in [0.1, 0.15) is 24.1 Å². The van der Waals surface area contributed by atoms with Crippen molar-refractivity contribution in [2.45, 2.75) is 13.0 Å². The van der Waals surface area contributed by atoms with E-state index in [1.807, 2.05) is 6.07 Å². The highest BCUT2D eigenvalue weighted by Crippen LogP contribution is 2.31. The van der Waals surface area contributed by atoms with Crippen molar-refractivity contribution in [2.24, 2.45) is 4.99 Å². The molecule has 9 heteroatoms. The Hall–Kier alpha value is -3.36. The largest absolute Gasteiger partial charge is 0.497 e. The van der Waals surface area contributed by atoms with Crippen molar-refractivity contribution in [1.29, 1.82) is 0 Å². The number of hydrogen-bond acceptors (Lipinski definition) is 7. The molecule has 0 saturated carbocycles. The molecule has 2 heterocycles. The molecule has 0 amide bonds. The maximum absolute atomic E-state index is 13.6. The Morgan fingerprint density at radius 3 is 2.48 bits per heavy atom. The van der Waals surface area contributed by atoms with Gasteiger partial charge < -0.3 is 14.2 Å². The Bertz CT molecular complexity index is 1440. The van der Waals surface area contributed by atoms with Crippen molar-refractivity contribution < 1.29 is 19.0 Å². The van der Waals surface area contributed by atoms with Crippen LogP contribution in [0.15, 0.2) is 63.5 Å². The number of aromatic nitrogens is 1. The summed E-state index contributed by atoms with van der Waals surface area (Å²) in [4.78, 5) is 31.3. The molecule has 0 spiro atoms. The average molecular weight is 485 g/mol. The number of ether oxygens (including phenoxy) is 3. The second-order valence-electron chi connectivity index (χ2n) is 7.23. The normalized spacial score (nSPS) is 15.7. The number of fused-ring (bicyclic) bond motifs is 1. The lowest BCUT2D eigenvalue weighted by Gasteiger charge is -2.24. The molecule has 1 unspecified atom stereocenters. The average Bonchev–Trinajstić information content (AvgIpc) is 3.12. The van der Waals surface area contributed by atoms with Gasteiger partial charge in [-0.1, -0.05) is 35.1 Å². The van der Waals surface area contributed by atoms with Crippen molar-refractivity contribution in [3.63, 3.8) is 0 Å². The molecule has 0 radical (unpaired) electrons. The van der Waals surface area contributed by atoms with E-state index < -0.39 is 12.0 Å². The Kier molecular flexibility index (Phi) is 6.40. The van der Waals surface area contributed by atoms with E-state index in [0.29, 0.717) is 37.1 Å². The molecule has 2 aromatic carbocycles. The number of esters is 1. The number of halogens is 1. The molecular formula is C24H21ClN2O5S. The summed E-state index contributed by atoms with van der Waals surface area (Å²) in [5.41, 5.74) is 1.97. The second kappa shape index (κ2) is 9.25. The van der Waals surface area contributed by atoms with E-state index >= 15 is 0 Å². The summed E-state index contributed by atoms with van der Waals surface area (Å²) in [6.07, 6.45) is 1.75. The van der Waals surface area contributed by atoms with E-state index in [0.717, 1.165) is 11.1 Å². The van der Waals surface area contributed by atoms with Crippen molar-refractivity contribution in [3.05, 3.63) is 89.6 Å². The standard InChI is InChI=1S/C24H21ClN2O5S/c1-13-20(23(29)32-4)21(14-5-8-16(25)9-6-14)27-22(28)19(33-24(27)26-13)11-15-7-10-17(30-2)12-18(15)31-3/h5-12,21H,1-4H3/b19-11+. The number of nitrogens with zero attached hydrogens (tertiary/aromatic N) is 2. The Morgan fingerprint density at radius 1 is 1.12 bits per heavy atom. The van der Waals surface area contributed by atoms with E-state index in [1.54, 1.807) is 63.6 Å². The zero-order valence-electron chi connectivity index (χ0n) is 18.4. The Balaban J connectivity index is 1.96. The third kappa shape index (κ3) is 4.19. The molecule has 3 aromatic rings. The van der Waals surface area contributed by atoms with Crippen LogP contribution in [0.4, 0.5) is 0 Å². The molecular weight excluding hydrogens is 464 g/mol. The summed E-state index contributed by atoms with van der Waals surface area (Å²) in [6, 6.07) is 11.7. The molecule has 0 N–H and O–H groups in total. The van der Waals surface area contributed by atoms with Crippen LogP contribution < -0.4 is 24.4 Å². The Morgan fingerprint density at radius 2 is 1.85 bits per heavy atom. The highest BCUT2D eigenvalue weighted by atomic mass is 35.5. The third-order valence-corrected chi connectivity index (χ3v) is 6.57. The number of allylic oxidation sites excluding steroid dienone is 1. The molecule has 4 rings (SSSR count). The van der Waals surface area contributed by atoms with Crippen molar-refractivity contribution >= 4 is 35.0 Å². The first-order chi connectivity index (χ1) is 15.9. The summed E-state index contributed by atoms with van der Waals surface area (Å²) in [6.45, 7) is 1.73. The lowest BCUT2D eigenvalue weighted by Crippen LogP contribution is -2.39. The van der Waals surface area contributed by atoms with Gasteiger partial charge in [0.25, 0.3) is 5.56 Å². The third-order valence-electron chi connectivity index (χ3n) is 5.34. The molecule has 1 aromatic heterocycles. The van der Waals surface area contributed by atoms with Gasteiger partial charge >= 0.3 is 5.97 Å². The van der Waals surface area contributed by atoms with Gasteiger partial charge in [-0.15, -0.1) is 0 Å². The van der Waals surface area contributed by atoms with Gasteiger partial charge in [0.15, 0.2) is 4.80 Å². The first kappa shape index (κ1) is 22.8. The zero-order valence-corrected chi connectivity index (χ0v) is 20.0. The van der Waals surface area contributed by atoms with Gasteiger partial charge in [-0.05, 0) is 42.8 Å². The van der Waals surface area contributed by atoms with Gasteiger partial charge in [-0.3, -0.25) is 9.36 Å². The molecule has 0 saturated heterocycles. The minimum absolute atomic E-state index is 0.273. The number of hydrogen-bond donors (Lipinski definition) is 0. The van der Waals surface area contributed by atoms with Crippen molar-refractivity contribution in [1.82, 2.24) is 4.57 Å².